The third-order valence-electron chi connectivity index (χ3n) is 2.66. The average Bonchev–Trinajstić information content (AvgIpc) is 2.42. The second kappa shape index (κ2) is 7.96. The summed E-state index contributed by atoms with van der Waals surface area (Å²) in [5.74, 6) is 0.313. The van der Waals surface area contributed by atoms with Crippen molar-refractivity contribution < 1.29 is 13.7 Å². The molecule has 0 aliphatic heterocycles. The number of ether oxygens (including phenoxy) is 1. The molecule has 0 saturated carbocycles. The molecule has 5 nitrogen and oxygen atoms in total. The van der Waals surface area contributed by atoms with Crippen LogP contribution in [0.4, 0.5) is 0 Å². The summed E-state index contributed by atoms with van der Waals surface area (Å²) in [6.45, 7) is 2.09. The normalized spacial score (nSPS) is 13.3. The predicted molar refractivity (Wildman–Crippen MR) is 84.4 cm³/mol. The predicted octanol–water partition coefficient (Wildman–Crippen LogP) is 0.583. The van der Waals surface area contributed by atoms with Gasteiger partial charge >= 0.3 is 0 Å². The summed E-state index contributed by atoms with van der Waals surface area (Å²) in [4.78, 5) is 11.9. The number of rotatable bonds is 7. The Morgan fingerprint density at radius 3 is 2.55 bits per heavy atom. The number of amides is 1. The van der Waals surface area contributed by atoms with Crippen LogP contribution in [0.1, 0.15) is 12.5 Å². The second-order valence-corrected chi connectivity index (χ2v) is 6.53. The number of benzene rings is 1. The minimum Gasteiger partial charge on any atom is -0.484 e. The quantitative estimate of drug-likeness (QED) is 0.720. The number of carbonyl (C=O) groups is 1. The van der Waals surface area contributed by atoms with Crippen molar-refractivity contribution in [3.63, 3.8) is 0 Å². The van der Waals surface area contributed by atoms with E-state index in [2.05, 4.69) is 5.32 Å². The van der Waals surface area contributed by atoms with E-state index < -0.39 is 10.8 Å². The maximum atomic E-state index is 11.5. The molecule has 1 rings (SSSR count). The number of hydrogen-bond acceptors (Lipinski definition) is 4. The lowest BCUT2D eigenvalue weighted by Crippen LogP contribution is -2.35. The van der Waals surface area contributed by atoms with Crippen molar-refractivity contribution in [1.82, 2.24) is 5.32 Å². The summed E-state index contributed by atoms with van der Waals surface area (Å²) in [6.07, 6.45) is 1.61. The van der Waals surface area contributed by atoms with Gasteiger partial charge in [-0.2, -0.15) is 0 Å². The number of nitrogens with one attached hydrogen (secondary N) is 1. The first kappa shape index (κ1) is 16.6. The lowest BCUT2D eigenvalue weighted by Gasteiger charge is -2.11. The van der Waals surface area contributed by atoms with Gasteiger partial charge < -0.3 is 15.8 Å². The Labute approximate surface area is 126 Å². The van der Waals surface area contributed by atoms with Crippen LogP contribution < -0.4 is 15.8 Å². The van der Waals surface area contributed by atoms with Crippen LogP contribution >= 0.6 is 12.2 Å². The van der Waals surface area contributed by atoms with Gasteiger partial charge in [-0.3, -0.25) is 9.00 Å². The van der Waals surface area contributed by atoms with Gasteiger partial charge in [0.1, 0.15) is 10.7 Å². The van der Waals surface area contributed by atoms with E-state index in [-0.39, 0.29) is 17.8 Å². The molecule has 0 radical (unpaired) electrons. The molecule has 1 aromatic rings. The fourth-order valence-corrected chi connectivity index (χ4v) is 1.74. The molecule has 0 aliphatic carbocycles. The molecule has 2 unspecified atom stereocenters. The summed E-state index contributed by atoms with van der Waals surface area (Å²) in [6, 6.07) is 6.87. The van der Waals surface area contributed by atoms with E-state index in [0.29, 0.717) is 17.3 Å². The van der Waals surface area contributed by atoms with E-state index in [4.69, 9.17) is 22.7 Å². The highest BCUT2D eigenvalue weighted by Gasteiger charge is 2.09. The zero-order valence-electron chi connectivity index (χ0n) is 11.4. The minimum absolute atomic E-state index is 0.0798. The van der Waals surface area contributed by atoms with E-state index >= 15 is 0 Å². The molecule has 1 amide bonds. The maximum absolute atomic E-state index is 11.5. The van der Waals surface area contributed by atoms with Crippen molar-refractivity contribution in [2.24, 2.45) is 5.73 Å². The van der Waals surface area contributed by atoms with Gasteiger partial charge in [0.15, 0.2) is 6.61 Å². The van der Waals surface area contributed by atoms with E-state index in [9.17, 15) is 9.00 Å². The van der Waals surface area contributed by atoms with E-state index in [0.717, 1.165) is 5.56 Å². The van der Waals surface area contributed by atoms with Crippen LogP contribution in [-0.4, -0.2) is 39.8 Å². The van der Waals surface area contributed by atoms with Gasteiger partial charge in [-0.15, -0.1) is 0 Å². The van der Waals surface area contributed by atoms with Gasteiger partial charge in [0, 0.05) is 34.4 Å². The molecule has 0 aliphatic rings. The van der Waals surface area contributed by atoms with E-state index in [1.165, 1.54) is 0 Å². The summed E-state index contributed by atoms with van der Waals surface area (Å²) in [7, 11) is -0.953. The highest BCUT2D eigenvalue weighted by Crippen LogP contribution is 2.11. The van der Waals surface area contributed by atoms with Crippen molar-refractivity contribution in [2.75, 3.05) is 19.4 Å². The summed E-state index contributed by atoms with van der Waals surface area (Å²) < 4.78 is 16.5. The summed E-state index contributed by atoms with van der Waals surface area (Å²) >= 11 is 4.84. The van der Waals surface area contributed by atoms with Gasteiger partial charge in [-0.1, -0.05) is 12.2 Å². The molecule has 20 heavy (non-hydrogen) atoms. The highest BCUT2D eigenvalue weighted by molar-refractivity contribution is 7.84. The number of hydrogen-bond donors (Lipinski definition) is 2. The zero-order valence-corrected chi connectivity index (χ0v) is 13.1. The van der Waals surface area contributed by atoms with Crippen molar-refractivity contribution >= 4 is 33.9 Å². The number of carbonyl (C=O) groups excluding carboxylic acids is 1. The fraction of sp³-hybridized carbons (Fsp3) is 0.385. The van der Waals surface area contributed by atoms with Crippen molar-refractivity contribution in [3.8, 4) is 5.75 Å². The van der Waals surface area contributed by atoms with E-state index in [1.807, 2.05) is 6.92 Å². The third-order valence-corrected chi connectivity index (χ3v) is 4.20. The standard InChI is InChI=1S/C13H18N2O3S2/c1-9(20(2)17)7-15-12(16)8-18-11-5-3-10(4-6-11)13(14)19/h3-6,9H,7-8H2,1-2H3,(H2,14,19)(H,15,16). The summed E-state index contributed by atoms with van der Waals surface area (Å²) in [5, 5.41) is 2.59. The molecule has 0 saturated heterocycles. The molecular weight excluding hydrogens is 296 g/mol. The van der Waals surface area contributed by atoms with Gasteiger partial charge in [0.05, 0.1) is 0 Å². The number of thiocarbonyl (C=S) groups is 1. The third kappa shape index (κ3) is 5.66. The molecular formula is C13H18N2O3S2. The molecule has 0 bridgehead atoms. The molecule has 0 heterocycles. The Balaban J connectivity index is 2.37. The van der Waals surface area contributed by atoms with Gasteiger partial charge in [-0.25, -0.2) is 0 Å². The Kier molecular flexibility index (Phi) is 6.60. The maximum Gasteiger partial charge on any atom is 0.257 e. The largest absolute Gasteiger partial charge is 0.484 e. The van der Waals surface area contributed by atoms with Gasteiger partial charge in [0.25, 0.3) is 5.91 Å². The molecule has 3 N–H and O–H groups in total. The summed E-state index contributed by atoms with van der Waals surface area (Å²) in [5.41, 5.74) is 6.23. The van der Waals surface area contributed by atoms with Crippen LogP contribution in [0.5, 0.6) is 5.75 Å². The minimum atomic E-state index is -0.953. The van der Waals surface area contributed by atoms with Crippen LogP contribution in [0.15, 0.2) is 24.3 Å². The Morgan fingerprint density at radius 2 is 2.05 bits per heavy atom. The lowest BCUT2D eigenvalue weighted by molar-refractivity contribution is -0.123. The van der Waals surface area contributed by atoms with Crippen molar-refractivity contribution in [3.05, 3.63) is 29.8 Å². The van der Waals surface area contributed by atoms with Gasteiger partial charge in [0.2, 0.25) is 0 Å². The monoisotopic (exact) mass is 314 g/mol. The molecule has 0 aromatic heterocycles. The molecule has 110 valence electrons. The fourth-order valence-electron chi connectivity index (χ4n) is 1.29. The smallest absolute Gasteiger partial charge is 0.257 e. The van der Waals surface area contributed by atoms with Crippen molar-refractivity contribution in [1.29, 1.82) is 0 Å². The molecule has 0 spiro atoms. The highest BCUT2D eigenvalue weighted by atomic mass is 32.2. The van der Waals surface area contributed by atoms with Crippen LogP contribution in [0.25, 0.3) is 0 Å². The molecule has 7 heteroatoms. The molecule has 1 aromatic carbocycles. The lowest BCUT2D eigenvalue weighted by atomic mass is 10.2. The first-order valence-electron chi connectivity index (χ1n) is 6.01. The van der Waals surface area contributed by atoms with E-state index in [1.54, 1.807) is 30.5 Å². The molecule has 0 fully saturated rings. The Morgan fingerprint density at radius 1 is 1.45 bits per heavy atom. The number of nitrogens with two attached hydrogens (primary N) is 1. The first-order chi connectivity index (χ1) is 9.40. The van der Waals surface area contributed by atoms with Crippen LogP contribution in [0.3, 0.4) is 0 Å². The Bertz CT molecular complexity index is 503. The second-order valence-electron chi connectivity index (χ2n) is 4.29. The average molecular weight is 314 g/mol. The first-order valence-corrected chi connectivity index (χ1v) is 8.04. The van der Waals surface area contributed by atoms with Crippen LogP contribution in [-0.2, 0) is 15.6 Å². The zero-order chi connectivity index (χ0) is 15.1. The Hall–Kier alpha value is -1.47. The van der Waals surface area contributed by atoms with Crippen LogP contribution in [0, 0.1) is 0 Å². The van der Waals surface area contributed by atoms with Crippen LogP contribution in [0.2, 0.25) is 0 Å². The van der Waals surface area contributed by atoms with Gasteiger partial charge in [-0.05, 0) is 31.2 Å². The van der Waals surface area contributed by atoms with Crippen molar-refractivity contribution in [2.45, 2.75) is 12.2 Å². The topological polar surface area (TPSA) is 81.4 Å². The molecule has 2 atom stereocenters. The SMILES string of the molecule is CC(CNC(=O)COc1ccc(C(N)=S)cc1)S(C)=O.